The normalized spacial score (nSPS) is 14.5. The minimum Gasteiger partial charge on any atom is -0.496 e. The van der Waals surface area contributed by atoms with Gasteiger partial charge >= 0.3 is 0 Å². The zero-order chi connectivity index (χ0) is 23.5. The maximum atomic E-state index is 13.0. The molecule has 1 aromatic heterocycles. The summed E-state index contributed by atoms with van der Waals surface area (Å²) in [6.45, 7) is 3.48. The molecule has 0 fully saturated rings. The maximum absolute atomic E-state index is 13.0. The number of para-hydroxylation sites is 1. The van der Waals surface area contributed by atoms with Crippen LogP contribution < -0.4 is 23.8 Å². The predicted octanol–water partition coefficient (Wildman–Crippen LogP) is 4.12. The number of benzene rings is 2. The third kappa shape index (κ3) is 4.13. The van der Waals surface area contributed by atoms with Crippen LogP contribution in [0.5, 0.6) is 23.1 Å². The van der Waals surface area contributed by atoms with Crippen molar-refractivity contribution >= 4 is 23.4 Å². The van der Waals surface area contributed by atoms with Crippen molar-refractivity contribution in [1.29, 1.82) is 0 Å². The summed E-state index contributed by atoms with van der Waals surface area (Å²) in [6.07, 6.45) is -0.947. The zero-order valence-corrected chi connectivity index (χ0v) is 19.8. The molecule has 3 aromatic rings. The van der Waals surface area contributed by atoms with Crippen molar-refractivity contribution in [3.05, 3.63) is 42.0 Å². The lowest BCUT2D eigenvalue weighted by Gasteiger charge is -2.31. The van der Waals surface area contributed by atoms with Gasteiger partial charge in [-0.2, -0.15) is 4.98 Å². The molecule has 10 heteroatoms. The van der Waals surface area contributed by atoms with Crippen LogP contribution in [0.1, 0.15) is 25.6 Å². The fourth-order valence-electron chi connectivity index (χ4n) is 3.71. The van der Waals surface area contributed by atoms with Gasteiger partial charge in [0.1, 0.15) is 17.2 Å². The van der Waals surface area contributed by atoms with Crippen LogP contribution in [0.2, 0.25) is 0 Å². The van der Waals surface area contributed by atoms with Gasteiger partial charge in [0, 0.05) is 24.6 Å². The van der Waals surface area contributed by atoms with Crippen LogP contribution in [0.3, 0.4) is 0 Å². The van der Waals surface area contributed by atoms with E-state index in [0.717, 1.165) is 5.75 Å². The summed E-state index contributed by atoms with van der Waals surface area (Å²) >= 11 is 1.45. The third-order valence-corrected chi connectivity index (χ3v) is 5.84. The van der Waals surface area contributed by atoms with Crippen molar-refractivity contribution in [2.24, 2.45) is 0 Å². The number of ether oxygens (including phenoxy) is 4. The van der Waals surface area contributed by atoms with Crippen molar-refractivity contribution in [3.63, 3.8) is 0 Å². The second-order valence-corrected chi connectivity index (χ2v) is 8.23. The molecule has 0 radical (unpaired) electrons. The number of carbonyl (C=O) groups excluding carboxylic acids is 1. The zero-order valence-electron chi connectivity index (χ0n) is 19.0. The smallest absolute Gasteiger partial charge is 0.247 e. The molecule has 1 aliphatic heterocycles. The number of methoxy groups -OCH3 is 3. The Balaban J connectivity index is 2.01. The van der Waals surface area contributed by atoms with Gasteiger partial charge in [-0.1, -0.05) is 36.9 Å². The largest absolute Gasteiger partial charge is 0.496 e. The number of rotatable bonds is 6. The molecule has 2 aromatic carbocycles. The number of hydrogen-bond acceptors (Lipinski definition) is 9. The lowest BCUT2D eigenvalue weighted by atomic mass is 10.1. The average molecular weight is 469 g/mol. The molecule has 0 aliphatic carbocycles. The van der Waals surface area contributed by atoms with Crippen LogP contribution in [0.25, 0.3) is 11.3 Å². The Bertz CT molecular complexity index is 1160. The number of nitrogens with zero attached hydrogens (tertiary/aromatic N) is 4. The highest BCUT2D eigenvalue weighted by Gasteiger charge is 2.38. The van der Waals surface area contributed by atoms with E-state index in [4.69, 9.17) is 18.9 Å². The first kappa shape index (κ1) is 22.7. The monoisotopic (exact) mass is 468 g/mol. The average Bonchev–Trinajstić information content (AvgIpc) is 2.97. The molecule has 0 spiro atoms. The summed E-state index contributed by atoms with van der Waals surface area (Å²) in [5, 5.41) is 9.11. The van der Waals surface area contributed by atoms with Crippen molar-refractivity contribution in [2.75, 3.05) is 32.0 Å². The van der Waals surface area contributed by atoms with Gasteiger partial charge in [0.15, 0.2) is 5.69 Å². The van der Waals surface area contributed by atoms with E-state index in [1.807, 2.05) is 31.2 Å². The van der Waals surface area contributed by atoms with Gasteiger partial charge in [0.2, 0.25) is 23.2 Å². The third-order valence-electron chi connectivity index (χ3n) is 5.12. The molecule has 1 atom stereocenters. The number of anilines is 1. The highest BCUT2D eigenvalue weighted by atomic mass is 32.2. The summed E-state index contributed by atoms with van der Waals surface area (Å²) in [6, 6.07) is 10.8. The lowest BCUT2D eigenvalue weighted by Crippen LogP contribution is -2.36. The molecular weight excluding hydrogens is 444 g/mol. The van der Waals surface area contributed by atoms with Crippen LogP contribution >= 0.6 is 11.8 Å². The second-order valence-electron chi connectivity index (χ2n) is 7.00. The van der Waals surface area contributed by atoms with Crippen LogP contribution in [0.15, 0.2) is 41.6 Å². The summed E-state index contributed by atoms with van der Waals surface area (Å²) < 4.78 is 23.1. The van der Waals surface area contributed by atoms with Gasteiger partial charge in [0.05, 0.1) is 32.6 Å². The van der Waals surface area contributed by atoms with Gasteiger partial charge in [-0.15, -0.1) is 10.2 Å². The Labute approximate surface area is 196 Å². The molecule has 2 heterocycles. The number of thioether (sulfide) groups is 1. The van der Waals surface area contributed by atoms with Gasteiger partial charge < -0.3 is 18.9 Å². The molecular formula is C23H24N4O5S. The molecule has 33 heavy (non-hydrogen) atoms. The first-order chi connectivity index (χ1) is 16.0. The van der Waals surface area contributed by atoms with Crippen LogP contribution in [-0.2, 0) is 4.79 Å². The molecule has 172 valence electrons. The number of hydrogen-bond donors (Lipinski definition) is 0. The molecule has 4 rings (SSSR count). The van der Waals surface area contributed by atoms with E-state index in [9.17, 15) is 4.79 Å². The van der Waals surface area contributed by atoms with Crippen molar-refractivity contribution in [3.8, 4) is 34.4 Å². The summed E-state index contributed by atoms with van der Waals surface area (Å²) in [7, 11) is 4.63. The molecule has 0 saturated carbocycles. The van der Waals surface area contributed by atoms with Crippen LogP contribution in [0.4, 0.5) is 5.69 Å². The summed E-state index contributed by atoms with van der Waals surface area (Å²) in [5.74, 6) is 2.22. The highest BCUT2D eigenvalue weighted by Crippen LogP contribution is 2.48. The predicted molar refractivity (Wildman–Crippen MR) is 124 cm³/mol. The minimum atomic E-state index is -0.947. The standard InChI is InChI=1S/C23H24N4O5S/c1-6-33-23-24-21-20(25-26-23)15-9-7-8-10-16(15)27(13(2)28)22(32-21)19-17(30-4)11-14(29-3)12-18(19)31-5/h7-12,22H,6H2,1-5H3. The van der Waals surface area contributed by atoms with E-state index in [1.165, 1.54) is 37.8 Å². The van der Waals surface area contributed by atoms with E-state index in [1.54, 1.807) is 19.2 Å². The Morgan fingerprint density at radius 2 is 1.79 bits per heavy atom. The topological polar surface area (TPSA) is 95.9 Å². The van der Waals surface area contributed by atoms with Gasteiger partial charge in [-0.25, -0.2) is 0 Å². The Morgan fingerprint density at radius 3 is 2.39 bits per heavy atom. The molecule has 0 N–H and O–H groups in total. The van der Waals surface area contributed by atoms with Crippen LogP contribution in [-0.4, -0.2) is 48.2 Å². The fourth-order valence-corrected chi connectivity index (χ4v) is 4.21. The molecule has 1 unspecified atom stereocenters. The maximum Gasteiger partial charge on any atom is 0.247 e. The summed E-state index contributed by atoms with van der Waals surface area (Å²) in [5.41, 5.74) is 2.26. The van der Waals surface area contributed by atoms with E-state index in [0.29, 0.717) is 44.9 Å². The molecule has 9 nitrogen and oxygen atoms in total. The van der Waals surface area contributed by atoms with E-state index in [-0.39, 0.29) is 11.8 Å². The number of aromatic nitrogens is 3. The number of carbonyl (C=O) groups is 1. The van der Waals surface area contributed by atoms with Gasteiger partial charge in [-0.05, 0) is 11.8 Å². The van der Waals surface area contributed by atoms with E-state index in [2.05, 4.69) is 15.2 Å². The minimum absolute atomic E-state index is 0.240. The van der Waals surface area contributed by atoms with Gasteiger partial charge in [-0.3, -0.25) is 9.69 Å². The summed E-state index contributed by atoms with van der Waals surface area (Å²) in [4.78, 5) is 19.2. The van der Waals surface area contributed by atoms with Crippen molar-refractivity contribution in [1.82, 2.24) is 15.2 Å². The molecule has 0 saturated heterocycles. The van der Waals surface area contributed by atoms with E-state index >= 15 is 0 Å². The van der Waals surface area contributed by atoms with Crippen LogP contribution in [0, 0.1) is 0 Å². The SMILES string of the molecule is CCSc1nnc2c(n1)OC(c1c(OC)cc(OC)cc1OC)N(C(C)=O)c1ccccc1-2. The fraction of sp³-hybridized carbons (Fsp3) is 0.304. The Morgan fingerprint density at radius 1 is 1.09 bits per heavy atom. The van der Waals surface area contributed by atoms with E-state index < -0.39 is 6.23 Å². The first-order valence-electron chi connectivity index (χ1n) is 10.3. The number of fused-ring (bicyclic) bond motifs is 3. The second kappa shape index (κ2) is 9.53. The van der Waals surface area contributed by atoms with Crippen molar-refractivity contribution < 1.29 is 23.7 Å². The highest BCUT2D eigenvalue weighted by molar-refractivity contribution is 7.99. The number of amides is 1. The Hall–Kier alpha value is -3.53. The first-order valence-corrected chi connectivity index (χ1v) is 11.2. The van der Waals surface area contributed by atoms with Crippen molar-refractivity contribution in [2.45, 2.75) is 25.2 Å². The Kier molecular flexibility index (Phi) is 6.55. The molecule has 1 amide bonds. The molecule has 0 bridgehead atoms. The lowest BCUT2D eigenvalue weighted by molar-refractivity contribution is -0.118. The molecule has 1 aliphatic rings. The van der Waals surface area contributed by atoms with Gasteiger partial charge in [0.25, 0.3) is 0 Å². The quantitative estimate of drug-likeness (QED) is 0.495.